The standard InChI is InChI=1S/C18H19N5/c1-3-14-8-10-15(11-9-14)20-17-12-19-23-18(22-17)21-16-7-5-4-6-13(16)2/h4-12H,3H2,1-2H3,(H2,20,21,22,23). The van der Waals surface area contributed by atoms with Crippen LogP contribution in [-0.4, -0.2) is 15.2 Å². The summed E-state index contributed by atoms with van der Waals surface area (Å²) in [4.78, 5) is 4.45. The molecule has 3 rings (SSSR count). The summed E-state index contributed by atoms with van der Waals surface area (Å²) in [7, 11) is 0. The molecular formula is C18H19N5. The van der Waals surface area contributed by atoms with Crippen LogP contribution in [0.2, 0.25) is 0 Å². The van der Waals surface area contributed by atoms with Gasteiger partial charge in [-0.3, -0.25) is 0 Å². The quantitative estimate of drug-likeness (QED) is 0.738. The van der Waals surface area contributed by atoms with Crippen molar-refractivity contribution >= 4 is 23.1 Å². The average Bonchev–Trinajstić information content (AvgIpc) is 2.58. The Balaban J connectivity index is 1.75. The number of para-hydroxylation sites is 1. The van der Waals surface area contributed by atoms with Crippen LogP contribution < -0.4 is 10.6 Å². The van der Waals surface area contributed by atoms with Crippen LogP contribution in [0.3, 0.4) is 0 Å². The molecule has 2 aromatic carbocycles. The Hall–Kier alpha value is -2.95. The summed E-state index contributed by atoms with van der Waals surface area (Å²) >= 11 is 0. The number of hydrogen-bond acceptors (Lipinski definition) is 5. The van der Waals surface area contributed by atoms with Crippen LogP contribution in [-0.2, 0) is 6.42 Å². The summed E-state index contributed by atoms with van der Waals surface area (Å²) in [5, 5.41) is 14.5. The molecule has 0 saturated carbocycles. The van der Waals surface area contributed by atoms with E-state index < -0.39 is 0 Å². The lowest BCUT2D eigenvalue weighted by atomic mass is 10.1. The van der Waals surface area contributed by atoms with Crippen molar-refractivity contribution in [3.8, 4) is 0 Å². The van der Waals surface area contributed by atoms with Gasteiger partial charge in [-0.1, -0.05) is 37.3 Å². The third-order valence-electron chi connectivity index (χ3n) is 3.58. The van der Waals surface area contributed by atoms with Crippen LogP contribution in [0.5, 0.6) is 0 Å². The molecule has 1 aromatic heterocycles. The van der Waals surface area contributed by atoms with Crippen LogP contribution >= 0.6 is 0 Å². The van der Waals surface area contributed by atoms with Crippen molar-refractivity contribution in [3.63, 3.8) is 0 Å². The summed E-state index contributed by atoms with van der Waals surface area (Å²) in [6.45, 7) is 4.17. The number of rotatable bonds is 5. The fraction of sp³-hybridized carbons (Fsp3) is 0.167. The van der Waals surface area contributed by atoms with Crippen LogP contribution in [0.4, 0.5) is 23.1 Å². The van der Waals surface area contributed by atoms with Crippen molar-refractivity contribution in [1.82, 2.24) is 15.2 Å². The Morgan fingerprint density at radius 3 is 2.48 bits per heavy atom. The molecule has 0 atom stereocenters. The fourth-order valence-corrected chi connectivity index (χ4v) is 2.22. The van der Waals surface area contributed by atoms with E-state index in [1.54, 1.807) is 6.20 Å². The number of benzene rings is 2. The first-order valence-corrected chi connectivity index (χ1v) is 7.63. The molecule has 0 aliphatic rings. The van der Waals surface area contributed by atoms with E-state index in [0.717, 1.165) is 23.4 Å². The number of aromatic nitrogens is 3. The zero-order valence-corrected chi connectivity index (χ0v) is 13.2. The van der Waals surface area contributed by atoms with Crippen LogP contribution in [0.25, 0.3) is 0 Å². The molecule has 0 aliphatic heterocycles. The summed E-state index contributed by atoms with van der Waals surface area (Å²) in [6.07, 6.45) is 2.64. The molecule has 0 unspecified atom stereocenters. The maximum atomic E-state index is 4.45. The smallest absolute Gasteiger partial charge is 0.249 e. The minimum atomic E-state index is 0.467. The van der Waals surface area contributed by atoms with Gasteiger partial charge in [0.2, 0.25) is 5.95 Å². The molecule has 0 amide bonds. The Morgan fingerprint density at radius 2 is 1.74 bits per heavy atom. The van der Waals surface area contributed by atoms with Crippen molar-refractivity contribution in [2.75, 3.05) is 10.6 Å². The highest BCUT2D eigenvalue weighted by Crippen LogP contribution is 2.19. The van der Waals surface area contributed by atoms with Crippen molar-refractivity contribution in [3.05, 3.63) is 65.9 Å². The molecule has 116 valence electrons. The van der Waals surface area contributed by atoms with Crippen LogP contribution in [0, 0.1) is 6.92 Å². The SMILES string of the molecule is CCc1ccc(Nc2cnnc(Nc3ccccc3C)n2)cc1. The van der Waals surface area contributed by atoms with Gasteiger partial charge >= 0.3 is 0 Å². The van der Waals surface area contributed by atoms with E-state index in [1.807, 2.05) is 43.3 Å². The number of aryl methyl sites for hydroxylation is 2. The largest absolute Gasteiger partial charge is 0.339 e. The number of hydrogen-bond donors (Lipinski definition) is 2. The van der Waals surface area contributed by atoms with E-state index in [2.05, 4.69) is 44.9 Å². The van der Waals surface area contributed by atoms with Crippen molar-refractivity contribution in [2.45, 2.75) is 20.3 Å². The zero-order valence-electron chi connectivity index (χ0n) is 13.2. The number of nitrogens with one attached hydrogen (secondary N) is 2. The van der Waals surface area contributed by atoms with Gasteiger partial charge in [-0.2, -0.15) is 10.1 Å². The fourth-order valence-electron chi connectivity index (χ4n) is 2.22. The monoisotopic (exact) mass is 305 g/mol. The van der Waals surface area contributed by atoms with Crippen molar-refractivity contribution < 1.29 is 0 Å². The molecule has 0 spiro atoms. The zero-order chi connectivity index (χ0) is 16.1. The van der Waals surface area contributed by atoms with Gasteiger partial charge in [-0.25, -0.2) is 0 Å². The summed E-state index contributed by atoms with van der Waals surface area (Å²) in [6, 6.07) is 16.3. The van der Waals surface area contributed by atoms with Crippen LogP contribution in [0.1, 0.15) is 18.1 Å². The van der Waals surface area contributed by atoms with Gasteiger partial charge in [0.05, 0.1) is 6.20 Å². The normalized spacial score (nSPS) is 10.3. The molecule has 5 nitrogen and oxygen atoms in total. The Morgan fingerprint density at radius 1 is 0.957 bits per heavy atom. The van der Waals surface area contributed by atoms with Gasteiger partial charge < -0.3 is 10.6 Å². The van der Waals surface area contributed by atoms with E-state index in [4.69, 9.17) is 0 Å². The molecule has 0 saturated heterocycles. The molecule has 0 fully saturated rings. The molecule has 3 aromatic rings. The lowest BCUT2D eigenvalue weighted by Crippen LogP contribution is -2.03. The third-order valence-corrected chi connectivity index (χ3v) is 3.58. The van der Waals surface area contributed by atoms with E-state index in [0.29, 0.717) is 11.8 Å². The van der Waals surface area contributed by atoms with Crippen molar-refractivity contribution in [1.29, 1.82) is 0 Å². The molecule has 0 bridgehead atoms. The van der Waals surface area contributed by atoms with Gasteiger partial charge in [0.25, 0.3) is 0 Å². The lowest BCUT2D eigenvalue weighted by molar-refractivity contribution is 0.981. The van der Waals surface area contributed by atoms with Gasteiger partial charge in [-0.05, 0) is 42.7 Å². The second-order valence-corrected chi connectivity index (χ2v) is 5.28. The van der Waals surface area contributed by atoms with Crippen LogP contribution in [0.15, 0.2) is 54.7 Å². The first-order chi connectivity index (χ1) is 11.2. The molecule has 1 heterocycles. The summed E-state index contributed by atoms with van der Waals surface area (Å²) in [5.74, 6) is 1.12. The van der Waals surface area contributed by atoms with Crippen molar-refractivity contribution in [2.24, 2.45) is 0 Å². The second-order valence-electron chi connectivity index (χ2n) is 5.28. The summed E-state index contributed by atoms with van der Waals surface area (Å²) < 4.78 is 0. The first-order valence-electron chi connectivity index (χ1n) is 7.63. The van der Waals surface area contributed by atoms with Gasteiger partial charge in [0.1, 0.15) is 0 Å². The molecule has 0 aliphatic carbocycles. The Labute approximate surface area is 135 Å². The molecule has 23 heavy (non-hydrogen) atoms. The first kappa shape index (κ1) is 15.0. The number of nitrogens with zero attached hydrogens (tertiary/aromatic N) is 3. The molecule has 0 radical (unpaired) electrons. The highest BCUT2D eigenvalue weighted by molar-refractivity contribution is 5.60. The maximum absolute atomic E-state index is 4.45. The summed E-state index contributed by atoms with van der Waals surface area (Å²) in [5.41, 5.74) is 4.38. The molecule has 5 heteroatoms. The Kier molecular flexibility index (Phi) is 4.47. The average molecular weight is 305 g/mol. The van der Waals surface area contributed by atoms with E-state index in [-0.39, 0.29) is 0 Å². The van der Waals surface area contributed by atoms with Gasteiger partial charge in [-0.15, -0.1) is 5.10 Å². The maximum Gasteiger partial charge on any atom is 0.249 e. The van der Waals surface area contributed by atoms with E-state index in [1.165, 1.54) is 5.56 Å². The topological polar surface area (TPSA) is 62.7 Å². The van der Waals surface area contributed by atoms with E-state index >= 15 is 0 Å². The van der Waals surface area contributed by atoms with E-state index in [9.17, 15) is 0 Å². The number of anilines is 4. The highest BCUT2D eigenvalue weighted by Gasteiger charge is 2.03. The van der Waals surface area contributed by atoms with Gasteiger partial charge in [0, 0.05) is 11.4 Å². The molecule has 2 N–H and O–H groups in total. The minimum Gasteiger partial charge on any atom is -0.339 e. The predicted molar refractivity (Wildman–Crippen MR) is 93.4 cm³/mol. The third kappa shape index (κ3) is 3.83. The predicted octanol–water partition coefficient (Wildman–Crippen LogP) is 4.23. The Bertz CT molecular complexity index is 783. The minimum absolute atomic E-state index is 0.467. The van der Waals surface area contributed by atoms with Gasteiger partial charge in [0.15, 0.2) is 5.82 Å². The lowest BCUT2D eigenvalue weighted by Gasteiger charge is -2.09. The highest BCUT2D eigenvalue weighted by atomic mass is 15.3. The second kappa shape index (κ2) is 6.87. The molecular weight excluding hydrogens is 286 g/mol.